The fourth-order valence-electron chi connectivity index (χ4n) is 2.59. The van der Waals surface area contributed by atoms with E-state index in [1.54, 1.807) is 0 Å². The maximum atomic E-state index is 12.0. The van der Waals surface area contributed by atoms with Crippen LogP contribution in [0.25, 0.3) is 0 Å². The van der Waals surface area contributed by atoms with Gasteiger partial charge in [0.15, 0.2) is 0 Å². The van der Waals surface area contributed by atoms with Gasteiger partial charge in [-0.2, -0.15) is 13.2 Å². The molecule has 0 saturated heterocycles. The molecule has 0 aromatic carbocycles. The van der Waals surface area contributed by atoms with E-state index < -0.39 is 12.6 Å². The first-order valence-electron chi connectivity index (χ1n) is 6.81. The molecule has 1 aliphatic rings. The van der Waals surface area contributed by atoms with E-state index in [1.165, 1.54) is 25.7 Å². The van der Waals surface area contributed by atoms with Crippen LogP contribution in [0.15, 0.2) is 0 Å². The lowest BCUT2D eigenvalue weighted by Crippen LogP contribution is -2.30. The molecule has 0 amide bonds. The molecular weight excluding hydrogens is 227 g/mol. The summed E-state index contributed by atoms with van der Waals surface area (Å²) in [6, 6.07) is 0.444. The van der Waals surface area contributed by atoms with Crippen LogP contribution in [0.2, 0.25) is 0 Å². The lowest BCUT2D eigenvalue weighted by atomic mass is 9.98. The Kier molecular flexibility index (Phi) is 6.31. The molecule has 17 heavy (non-hydrogen) atoms. The molecule has 0 heterocycles. The third-order valence-corrected chi connectivity index (χ3v) is 3.74. The van der Waals surface area contributed by atoms with Gasteiger partial charge < -0.3 is 5.32 Å². The van der Waals surface area contributed by atoms with Gasteiger partial charge in [0.1, 0.15) is 0 Å². The van der Waals surface area contributed by atoms with E-state index in [-0.39, 0.29) is 6.42 Å². The lowest BCUT2D eigenvalue weighted by molar-refractivity contribution is -0.135. The average molecular weight is 251 g/mol. The van der Waals surface area contributed by atoms with Gasteiger partial charge in [0.05, 0.1) is 0 Å². The Morgan fingerprint density at radius 3 is 2.53 bits per heavy atom. The van der Waals surface area contributed by atoms with Crippen molar-refractivity contribution < 1.29 is 13.2 Å². The smallest absolute Gasteiger partial charge is 0.314 e. The van der Waals surface area contributed by atoms with Gasteiger partial charge in [-0.1, -0.05) is 26.2 Å². The minimum Gasteiger partial charge on any atom is -0.314 e. The first-order chi connectivity index (χ1) is 8.01. The molecule has 0 aromatic rings. The van der Waals surface area contributed by atoms with Crippen LogP contribution < -0.4 is 5.32 Å². The predicted molar refractivity (Wildman–Crippen MR) is 63.9 cm³/mol. The summed E-state index contributed by atoms with van der Waals surface area (Å²) in [6.07, 6.45) is 2.77. The van der Waals surface area contributed by atoms with Gasteiger partial charge in [-0.3, -0.25) is 0 Å². The monoisotopic (exact) mass is 251 g/mol. The van der Waals surface area contributed by atoms with Crippen LogP contribution in [0.3, 0.4) is 0 Å². The fourth-order valence-corrected chi connectivity index (χ4v) is 2.59. The third kappa shape index (κ3) is 6.92. The average Bonchev–Trinajstić information content (AvgIpc) is 2.48. The number of hydrogen-bond acceptors (Lipinski definition) is 1. The predicted octanol–water partition coefficient (Wildman–Crippen LogP) is 4.28. The molecule has 1 nitrogen and oxygen atoms in total. The van der Waals surface area contributed by atoms with Crippen LogP contribution in [0.5, 0.6) is 0 Å². The standard InChI is InChI=1S/C13H24F3N/c1-2-11-5-3-6-12(8-7-11)17-10-4-9-13(14,15)16/h11-12,17H,2-10H2,1H3. The van der Waals surface area contributed by atoms with E-state index in [4.69, 9.17) is 0 Å². The molecule has 1 N–H and O–H groups in total. The third-order valence-electron chi connectivity index (χ3n) is 3.74. The van der Waals surface area contributed by atoms with Crippen molar-refractivity contribution in [3.63, 3.8) is 0 Å². The number of halogens is 3. The molecule has 102 valence electrons. The van der Waals surface area contributed by atoms with Crippen molar-refractivity contribution in [3.05, 3.63) is 0 Å². The summed E-state index contributed by atoms with van der Waals surface area (Å²) in [5.41, 5.74) is 0. The highest BCUT2D eigenvalue weighted by Gasteiger charge is 2.26. The van der Waals surface area contributed by atoms with Crippen molar-refractivity contribution in [2.75, 3.05) is 6.54 Å². The molecule has 0 aliphatic heterocycles. The number of alkyl halides is 3. The summed E-state index contributed by atoms with van der Waals surface area (Å²) in [6.45, 7) is 2.72. The summed E-state index contributed by atoms with van der Waals surface area (Å²) in [4.78, 5) is 0. The molecule has 0 radical (unpaired) electrons. The number of hydrogen-bond donors (Lipinski definition) is 1. The van der Waals surface area contributed by atoms with Gasteiger partial charge in [0, 0.05) is 12.5 Å². The zero-order chi connectivity index (χ0) is 12.7. The number of rotatable bonds is 5. The first-order valence-corrected chi connectivity index (χ1v) is 6.81. The Bertz CT molecular complexity index is 203. The molecule has 1 saturated carbocycles. The van der Waals surface area contributed by atoms with Crippen molar-refractivity contribution in [2.24, 2.45) is 5.92 Å². The molecule has 2 unspecified atom stereocenters. The molecule has 0 spiro atoms. The van der Waals surface area contributed by atoms with Gasteiger partial charge in [-0.15, -0.1) is 0 Å². The van der Waals surface area contributed by atoms with Crippen LogP contribution in [0, 0.1) is 5.92 Å². The van der Waals surface area contributed by atoms with Crippen molar-refractivity contribution in [1.82, 2.24) is 5.32 Å². The summed E-state index contributed by atoms with van der Waals surface area (Å²) in [5.74, 6) is 0.831. The minimum absolute atomic E-state index is 0.206. The quantitative estimate of drug-likeness (QED) is 0.568. The topological polar surface area (TPSA) is 12.0 Å². The van der Waals surface area contributed by atoms with Crippen molar-refractivity contribution >= 4 is 0 Å². The highest BCUT2D eigenvalue weighted by molar-refractivity contribution is 4.74. The van der Waals surface area contributed by atoms with Crippen molar-refractivity contribution in [2.45, 2.75) is 70.5 Å². The van der Waals surface area contributed by atoms with E-state index in [9.17, 15) is 13.2 Å². The molecule has 1 fully saturated rings. The second-order valence-corrected chi connectivity index (χ2v) is 5.15. The van der Waals surface area contributed by atoms with Crippen molar-refractivity contribution in [3.8, 4) is 0 Å². The summed E-state index contributed by atoms with van der Waals surface area (Å²) < 4.78 is 35.9. The second-order valence-electron chi connectivity index (χ2n) is 5.15. The zero-order valence-corrected chi connectivity index (χ0v) is 10.7. The summed E-state index contributed by atoms with van der Waals surface area (Å²) in [5, 5.41) is 3.28. The molecular formula is C13H24F3N. The summed E-state index contributed by atoms with van der Waals surface area (Å²) in [7, 11) is 0. The van der Waals surface area contributed by atoms with E-state index >= 15 is 0 Å². The Morgan fingerprint density at radius 1 is 1.12 bits per heavy atom. The molecule has 1 rings (SSSR count). The fraction of sp³-hybridized carbons (Fsp3) is 1.00. The Labute approximate surface area is 102 Å². The molecule has 4 heteroatoms. The van der Waals surface area contributed by atoms with Crippen LogP contribution in [0.1, 0.15) is 58.3 Å². The SMILES string of the molecule is CCC1CCCC(NCCCC(F)(F)F)CC1. The highest BCUT2D eigenvalue weighted by atomic mass is 19.4. The Morgan fingerprint density at radius 2 is 1.88 bits per heavy atom. The van der Waals surface area contributed by atoms with Crippen LogP contribution in [-0.2, 0) is 0 Å². The molecule has 2 atom stereocenters. The maximum absolute atomic E-state index is 12.0. The van der Waals surface area contributed by atoms with Gasteiger partial charge in [0.25, 0.3) is 0 Å². The van der Waals surface area contributed by atoms with E-state index in [0.29, 0.717) is 12.6 Å². The normalized spacial score (nSPS) is 26.8. The molecule has 0 aromatic heterocycles. The van der Waals surface area contributed by atoms with Crippen LogP contribution >= 0.6 is 0 Å². The van der Waals surface area contributed by atoms with Crippen LogP contribution in [0.4, 0.5) is 13.2 Å². The minimum atomic E-state index is -4.00. The summed E-state index contributed by atoms with van der Waals surface area (Å²) >= 11 is 0. The zero-order valence-electron chi connectivity index (χ0n) is 10.7. The van der Waals surface area contributed by atoms with Gasteiger partial charge in [-0.25, -0.2) is 0 Å². The van der Waals surface area contributed by atoms with Crippen LogP contribution in [-0.4, -0.2) is 18.8 Å². The largest absolute Gasteiger partial charge is 0.389 e. The van der Waals surface area contributed by atoms with Gasteiger partial charge in [0.2, 0.25) is 0 Å². The lowest BCUT2D eigenvalue weighted by Gasteiger charge is -2.16. The maximum Gasteiger partial charge on any atom is 0.389 e. The van der Waals surface area contributed by atoms with E-state index in [0.717, 1.165) is 18.8 Å². The van der Waals surface area contributed by atoms with Crippen molar-refractivity contribution in [1.29, 1.82) is 0 Å². The van der Waals surface area contributed by atoms with E-state index in [2.05, 4.69) is 12.2 Å². The van der Waals surface area contributed by atoms with Gasteiger partial charge in [-0.05, 0) is 38.1 Å². The van der Waals surface area contributed by atoms with Gasteiger partial charge >= 0.3 is 6.18 Å². The molecule has 0 bridgehead atoms. The molecule has 1 aliphatic carbocycles. The Hall–Kier alpha value is -0.250. The highest BCUT2D eigenvalue weighted by Crippen LogP contribution is 2.25. The first kappa shape index (κ1) is 14.8. The van der Waals surface area contributed by atoms with E-state index in [1.807, 2.05) is 0 Å². The Balaban J connectivity index is 2.11. The number of nitrogens with one attached hydrogen (secondary N) is 1. The second kappa shape index (κ2) is 7.24.